The molecule has 0 radical (unpaired) electrons. The van der Waals surface area contributed by atoms with Crippen molar-refractivity contribution in [2.45, 2.75) is 44.4 Å². The second-order valence-corrected chi connectivity index (χ2v) is 6.98. The molecule has 1 fully saturated rings. The van der Waals surface area contributed by atoms with Crippen LogP contribution < -0.4 is 4.72 Å². The van der Waals surface area contributed by atoms with Crippen LogP contribution in [0.15, 0.2) is 30.3 Å². The van der Waals surface area contributed by atoms with E-state index in [9.17, 15) is 8.42 Å². The minimum absolute atomic E-state index is 0.0804. The highest BCUT2D eigenvalue weighted by molar-refractivity contribution is 7.88. The highest BCUT2D eigenvalue weighted by Crippen LogP contribution is 2.24. The predicted molar refractivity (Wildman–Crippen MR) is 73.6 cm³/mol. The fourth-order valence-electron chi connectivity index (χ4n) is 2.56. The average molecular weight is 267 g/mol. The molecule has 18 heavy (non-hydrogen) atoms. The molecule has 1 saturated carbocycles. The van der Waals surface area contributed by atoms with Gasteiger partial charge in [-0.25, -0.2) is 13.1 Å². The van der Waals surface area contributed by atoms with Crippen LogP contribution in [0, 0.1) is 5.92 Å². The van der Waals surface area contributed by atoms with Gasteiger partial charge in [0.25, 0.3) is 0 Å². The number of hydrogen-bond acceptors (Lipinski definition) is 2. The van der Waals surface area contributed by atoms with Crippen molar-refractivity contribution in [3.63, 3.8) is 0 Å². The van der Waals surface area contributed by atoms with Crippen molar-refractivity contribution >= 4 is 10.0 Å². The number of sulfonamides is 1. The molecule has 0 spiro atoms. The van der Waals surface area contributed by atoms with Gasteiger partial charge in [0.15, 0.2) is 0 Å². The van der Waals surface area contributed by atoms with E-state index in [0.29, 0.717) is 5.92 Å². The summed E-state index contributed by atoms with van der Waals surface area (Å²) in [4.78, 5) is 0. The summed E-state index contributed by atoms with van der Waals surface area (Å²) in [6, 6.07) is 9.45. The lowest BCUT2D eigenvalue weighted by molar-refractivity contribution is 0.310. The minimum atomic E-state index is -3.22. The van der Waals surface area contributed by atoms with Gasteiger partial charge >= 0.3 is 0 Å². The first-order valence-electron chi connectivity index (χ1n) is 6.61. The Kier molecular flexibility index (Phi) is 4.40. The summed E-state index contributed by atoms with van der Waals surface area (Å²) in [5.74, 6) is 0.529. The largest absolute Gasteiger partial charge is 0.216 e. The van der Waals surface area contributed by atoms with Gasteiger partial charge in [0.05, 0.1) is 5.75 Å². The van der Waals surface area contributed by atoms with Crippen LogP contribution in [0.1, 0.15) is 38.2 Å². The number of nitrogens with one attached hydrogen (secondary N) is 1. The van der Waals surface area contributed by atoms with E-state index in [1.54, 1.807) is 0 Å². The molecule has 0 unspecified atom stereocenters. The molecule has 1 aliphatic rings. The van der Waals surface area contributed by atoms with Crippen molar-refractivity contribution in [3.8, 4) is 0 Å². The number of rotatable bonds is 4. The van der Waals surface area contributed by atoms with E-state index in [0.717, 1.165) is 24.8 Å². The first kappa shape index (κ1) is 13.6. The Balaban J connectivity index is 1.99. The van der Waals surface area contributed by atoms with Gasteiger partial charge in [0, 0.05) is 6.04 Å². The van der Waals surface area contributed by atoms with Gasteiger partial charge in [-0.05, 0) is 24.3 Å². The Labute approximate surface area is 110 Å². The van der Waals surface area contributed by atoms with Crippen LogP contribution in [0.4, 0.5) is 0 Å². The van der Waals surface area contributed by atoms with E-state index < -0.39 is 10.0 Å². The molecule has 0 heterocycles. The van der Waals surface area contributed by atoms with Crippen molar-refractivity contribution in [1.82, 2.24) is 4.72 Å². The van der Waals surface area contributed by atoms with Crippen molar-refractivity contribution in [3.05, 3.63) is 35.9 Å². The second-order valence-electron chi connectivity index (χ2n) is 5.23. The Bertz CT molecular complexity index is 470. The fraction of sp³-hybridized carbons (Fsp3) is 0.571. The molecular formula is C14H21NO2S. The molecule has 0 aromatic heterocycles. The van der Waals surface area contributed by atoms with E-state index in [4.69, 9.17) is 0 Å². The van der Waals surface area contributed by atoms with Crippen LogP contribution >= 0.6 is 0 Å². The molecule has 1 aromatic carbocycles. The zero-order valence-corrected chi connectivity index (χ0v) is 11.6. The van der Waals surface area contributed by atoms with Gasteiger partial charge in [0.1, 0.15) is 0 Å². The lowest BCUT2D eigenvalue weighted by Gasteiger charge is -2.29. The lowest BCUT2D eigenvalue weighted by Crippen LogP contribution is -2.41. The molecule has 1 aliphatic carbocycles. The van der Waals surface area contributed by atoms with Gasteiger partial charge in [-0.2, -0.15) is 0 Å². The van der Waals surface area contributed by atoms with Crippen molar-refractivity contribution in [2.75, 3.05) is 0 Å². The van der Waals surface area contributed by atoms with E-state index >= 15 is 0 Å². The van der Waals surface area contributed by atoms with Gasteiger partial charge < -0.3 is 0 Å². The summed E-state index contributed by atoms with van der Waals surface area (Å²) in [6.07, 6.45) is 4.44. The molecule has 2 rings (SSSR count). The SMILES string of the molecule is C[C@@H]1CCCC[C@H]1NS(=O)(=O)Cc1ccccc1. The first-order valence-corrected chi connectivity index (χ1v) is 8.26. The van der Waals surface area contributed by atoms with Crippen LogP contribution in [0.3, 0.4) is 0 Å². The summed E-state index contributed by atoms with van der Waals surface area (Å²) >= 11 is 0. The molecule has 100 valence electrons. The molecule has 3 nitrogen and oxygen atoms in total. The summed E-state index contributed by atoms with van der Waals surface area (Å²) in [6.45, 7) is 2.13. The highest BCUT2D eigenvalue weighted by atomic mass is 32.2. The van der Waals surface area contributed by atoms with E-state index in [2.05, 4.69) is 11.6 Å². The van der Waals surface area contributed by atoms with Crippen LogP contribution in [0.2, 0.25) is 0 Å². The Morgan fingerprint density at radius 1 is 1.17 bits per heavy atom. The predicted octanol–water partition coefficient (Wildman–Crippen LogP) is 2.68. The van der Waals surface area contributed by atoms with E-state index in [1.807, 2.05) is 30.3 Å². The van der Waals surface area contributed by atoms with Crippen molar-refractivity contribution in [1.29, 1.82) is 0 Å². The van der Waals surface area contributed by atoms with Crippen molar-refractivity contribution < 1.29 is 8.42 Å². The fourth-order valence-corrected chi connectivity index (χ4v) is 4.08. The molecule has 4 heteroatoms. The lowest BCUT2D eigenvalue weighted by atomic mass is 9.87. The van der Waals surface area contributed by atoms with Gasteiger partial charge in [0.2, 0.25) is 10.0 Å². The smallest absolute Gasteiger partial charge is 0.212 e. The Morgan fingerprint density at radius 3 is 2.50 bits per heavy atom. The van der Waals surface area contributed by atoms with Gasteiger partial charge in [-0.15, -0.1) is 0 Å². The zero-order valence-electron chi connectivity index (χ0n) is 10.8. The first-order chi connectivity index (χ1) is 8.57. The molecule has 1 aromatic rings. The highest BCUT2D eigenvalue weighted by Gasteiger charge is 2.25. The molecular weight excluding hydrogens is 246 g/mol. The van der Waals surface area contributed by atoms with Crippen LogP contribution in [-0.4, -0.2) is 14.5 Å². The molecule has 2 atom stereocenters. The number of benzene rings is 1. The Hall–Kier alpha value is -0.870. The topological polar surface area (TPSA) is 46.2 Å². The normalized spacial score (nSPS) is 24.9. The maximum Gasteiger partial charge on any atom is 0.216 e. The summed E-state index contributed by atoms with van der Waals surface area (Å²) in [5.41, 5.74) is 0.841. The molecule has 0 aliphatic heterocycles. The maximum atomic E-state index is 12.1. The average Bonchev–Trinajstić information content (AvgIpc) is 2.32. The third kappa shape index (κ3) is 3.82. The van der Waals surface area contributed by atoms with Crippen LogP contribution in [-0.2, 0) is 15.8 Å². The zero-order chi connectivity index (χ0) is 13.0. The Morgan fingerprint density at radius 2 is 1.83 bits per heavy atom. The maximum absolute atomic E-state index is 12.1. The third-order valence-electron chi connectivity index (χ3n) is 3.64. The van der Waals surface area contributed by atoms with Crippen LogP contribution in [0.5, 0.6) is 0 Å². The molecule has 0 bridgehead atoms. The summed E-state index contributed by atoms with van der Waals surface area (Å²) < 4.78 is 27.1. The van der Waals surface area contributed by atoms with Gasteiger partial charge in [-0.3, -0.25) is 0 Å². The molecule has 0 amide bonds. The molecule has 0 saturated heterocycles. The summed E-state index contributed by atoms with van der Waals surface area (Å²) in [5, 5.41) is 0. The molecule has 1 N–H and O–H groups in total. The van der Waals surface area contributed by atoms with E-state index in [-0.39, 0.29) is 11.8 Å². The second kappa shape index (κ2) is 5.85. The summed E-state index contributed by atoms with van der Waals surface area (Å²) in [7, 11) is -3.22. The minimum Gasteiger partial charge on any atom is -0.212 e. The monoisotopic (exact) mass is 267 g/mol. The van der Waals surface area contributed by atoms with Crippen LogP contribution in [0.25, 0.3) is 0 Å². The van der Waals surface area contributed by atoms with Crippen molar-refractivity contribution in [2.24, 2.45) is 5.92 Å². The van der Waals surface area contributed by atoms with Gasteiger partial charge in [-0.1, -0.05) is 50.1 Å². The standard InChI is InChI=1S/C14H21NO2S/c1-12-7-5-6-10-14(12)15-18(16,17)11-13-8-3-2-4-9-13/h2-4,8-9,12,14-15H,5-7,10-11H2,1H3/t12-,14-/m1/s1. The third-order valence-corrected chi connectivity index (χ3v) is 5.02. The quantitative estimate of drug-likeness (QED) is 0.911. The van der Waals surface area contributed by atoms with E-state index in [1.165, 1.54) is 6.42 Å². The number of hydrogen-bond donors (Lipinski definition) is 1.